The highest BCUT2D eigenvalue weighted by atomic mass is 16.7. The molecule has 0 aromatic rings. The molecule has 0 saturated heterocycles. The summed E-state index contributed by atoms with van der Waals surface area (Å²) in [4.78, 5) is 10.3. The lowest BCUT2D eigenvalue weighted by Crippen LogP contribution is -2.14. The van der Waals surface area contributed by atoms with E-state index in [-0.39, 0.29) is 12.7 Å². The Balaban J connectivity index is 3.52. The highest BCUT2D eigenvalue weighted by Gasteiger charge is 2.01. The third kappa shape index (κ3) is 11.4. The Kier molecular flexibility index (Phi) is 11.0. The first-order valence-electron chi connectivity index (χ1n) is 6.32. The predicted molar refractivity (Wildman–Crippen MR) is 66.9 cm³/mol. The van der Waals surface area contributed by atoms with Crippen LogP contribution in [0.5, 0.6) is 0 Å². The first-order chi connectivity index (χ1) is 8.20. The van der Waals surface area contributed by atoms with E-state index in [4.69, 9.17) is 14.6 Å². The number of ether oxygens (including phenoxy) is 2. The smallest absolute Gasteiger partial charge is 0.303 e. The summed E-state index contributed by atoms with van der Waals surface area (Å²) in [5.41, 5.74) is 0. The second kappa shape index (κ2) is 11.6. The van der Waals surface area contributed by atoms with Crippen molar-refractivity contribution in [2.75, 3.05) is 13.2 Å². The topological polar surface area (TPSA) is 55.8 Å². The van der Waals surface area contributed by atoms with Crippen molar-refractivity contribution in [3.05, 3.63) is 12.2 Å². The van der Waals surface area contributed by atoms with E-state index in [0.717, 1.165) is 25.7 Å². The average molecular weight is 244 g/mol. The molecule has 0 aliphatic heterocycles. The lowest BCUT2D eigenvalue weighted by Gasteiger charge is -2.12. The van der Waals surface area contributed by atoms with Crippen LogP contribution in [-0.4, -0.2) is 30.6 Å². The number of hydrogen-bond donors (Lipinski definition) is 1. The van der Waals surface area contributed by atoms with Crippen LogP contribution in [0.4, 0.5) is 0 Å². The molecule has 0 spiro atoms. The van der Waals surface area contributed by atoms with Crippen molar-refractivity contribution in [1.29, 1.82) is 0 Å². The molecule has 0 heterocycles. The van der Waals surface area contributed by atoms with Crippen molar-refractivity contribution in [2.45, 2.75) is 52.2 Å². The van der Waals surface area contributed by atoms with Crippen LogP contribution in [0.1, 0.15) is 46.0 Å². The SMILES string of the molecule is CCOC(/C=C\CCCCCC(=O)O)OCC. The Morgan fingerprint density at radius 2 is 1.82 bits per heavy atom. The molecule has 0 saturated carbocycles. The van der Waals surface area contributed by atoms with E-state index in [9.17, 15) is 4.79 Å². The molecule has 0 aliphatic rings. The first kappa shape index (κ1) is 16.1. The molecule has 0 rings (SSSR count). The van der Waals surface area contributed by atoms with Gasteiger partial charge in [0.2, 0.25) is 0 Å². The van der Waals surface area contributed by atoms with Gasteiger partial charge in [0, 0.05) is 19.6 Å². The first-order valence-corrected chi connectivity index (χ1v) is 6.32. The van der Waals surface area contributed by atoms with Crippen LogP contribution in [-0.2, 0) is 14.3 Å². The van der Waals surface area contributed by atoms with E-state index in [2.05, 4.69) is 0 Å². The van der Waals surface area contributed by atoms with E-state index < -0.39 is 5.97 Å². The molecule has 4 nitrogen and oxygen atoms in total. The fourth-order valence-electron chi connectivity index (χ4n) is 1.41. The number of carboxylic acid groups (broad SMARTS) is 1. The van der Waals surface area contributed by atoms with Crippen molar-refractivity contribution in [1.82, 2.24) is 0 Å². The second-order valence-electron chi connectivity index (χ2n) is 3.70. The summed E-state index contributed by atoms with van der Waals surface area (Å²) in [7, 11) is 0. The molecule has 0 aliphatic carbocycles. The molecule has 0 aromatic carbocycles. The van der Waals surface area contributed by atoms with Crippen molar-refractivity contribution in [3.8, 4) is 0 Å². The van der Waals surface area contributed by atoms with Gasteiger partial charge in [-0.1, -0.05) is 12.5 Å². The lowest BCUT2D eigenvalue weighted by molar-refractivity contribution is -0.137. The molecule has 17 heavy (non-hydrogen) atoms. The number of rotatable bonds is 11. The van der Waals surface area contributed by atoms with Crippen molar-refractivity contribution in [3.63, 3.8) is 0 Å². The Bertz CT molecular complexity index is 207. The van der Waals surface area contributed by atoms with Gasteiger partial charge in [0.05, 0.1) is 0 Å². The number of carbonyl (C=O) groups is 1. The maximum Gasteiger partial charge on any atom is 0.303 e. The van der Waals surface area contributed by atoms with E-state index in [0.29, 0.717) is 13.2 Å². The van der Waals surface area contributed by atoms with E-state index >= 15 is 0 Å². The standard InChI is InChI=1S/C13H24O4/c1-3-16-13(17-4-2)11-9-7-5-6-8-10-12(14)15/h9,11,13H,3-8,10H2,1-2H3,(H,14,15)/b11-9-. The summed E-state index contributed by atoms with van der Waals surface area (Å²) in [6.07, 6.45) is 7.63. The summed E-state index contributed by atoms with van der Waals surface area (Å²) >= 11 is 0. The minimum atomic E-state index is -0.715. The minimum Gasteiger partial charge on any atom is -0.481 e. The number of hydrogen-bond acceptors (Lipinski definition) is 3. The molecule has 0 unspecified atom stereocenters. The summed E-state index contributed by atoms with van der Waals surface area (Å²) < 4.78 is 10.7. The lowest BCUT2D eigenvalue weighted by atomic mass is 10.1. The van der Waals surface area contributed by atoms with Gasteiger partial charge in [-0.3, -0.25) is 4.79 Å². The molecule has 1 N–H and O–H groups in total. The highest BCUT2D eigenvalue weighted by molar-refractivity contribution is 5.66. The van der Waals surface area contributed by atoms with Crippen LogP contribution in [0.2, 0.25) is 0 Å². The van der Waals surface area contributed by atoms with Gasteiger partial charge in [0.25, 0.3) is 0 Å². The van der Waals surface area contributed by atoms with Gasteiger partial charge in [-0.05, 0) is 39.2 Å². The van der Waals surface area contributed by atoms with Crippen molar-refractivity contribution >= 4 is 5.97 Å². The normalized spacial score (nSPS) is 11.5. The van der Waals surface area contributed by atoms with E-state index in [1.165, 1.54) is 0 Å². The third-order valence-electron chi connectivity index (χ3n) is 2.22. The maximum atomic E-state index is 10.3. The van der Waals surface area contributed by atoms with Gasteiger partial charge in [-0.2, -0.15) is 0 Å². The van der Waals surface area contributed by atoms with Gasteiger partial charge in [-0.25, -0.2) is 0 Å². The zero-order chi connectivity index (χ0) is 12.9. The summed E-state index contributed by atoms with van der Waals surface area (Å²) in [5.74, 6) is -0.715. The van der Waals surface area contributed by atoms with Crippen LogP contribution >= 0.6 is 0 Å². The van der Waals surface area contributed by atoms with Crippen LogP contribution < -0.4 is 0 Å². The van der Waals surface area contributed by atoms with Crippen molar-refractivity contribution in [2.24, 2.45) is 0 Å². The summed E-state index contributed by atoms with van der Waals surface area (Å²) in [5, 5.41) is 8.46. The number of unbranched alkanes of at least 4 members (excludes halogenated alkanes) is 3. The molecule has 0 fully saturated rings. The van der Waals surface area contributed by atoms with Crippen molar-refractivity contribution < 1.29 is 19.4 Å². The zero-order valence-corrected chi connectivity index (χ0v) is 10.9. The van der Waals surface area contributed by atoms with Gasteiger partial charge in [-0.15, -0.1) is 0 Å². The predicted octanol–water partition coefficient (Wildman–Crippen LogP) is 2.98. The molecular weight excluding hydrogens is 220 g/mol. The minimum absolute atomic E-state index is 0.246. The molecule has 100 valence electrons. The Morgan fingerprint density at radius 1 is 1.18 bits per heavy atom. The van der Waals surface area contributed by atoms with E-state index in [1.54, 1.807) is 0 Å². The Labute approximate surface area is 104 Å². The molecule has 4 heteroatoms. The van der Waals surface area contributed by atoms with Crippen LogP contribution in [0, 0.1) is 0 Å². The molecule has 0 bridgehead atoms. The Morgan fingerprint density at radius 3 is 2.35 bits per heavy atom. The zero-order valence-electron chi connectivity index (χ0n) is 10.9. The van der Waals surface area contributed by atoms with Gasteiger partial charge in [0.15, 0.2) is 6.29 Å². The number of allylic oxidation sites excluding steroid dienone is 1. The highest BCUT2D eigenvalue weighted by Crippen LogP contribution is 2.05. The number of carboxylic acids is 1. The molecule has 0 atom stereocenters. The van der Waals surface area contributed by atoms with Gasteiger partial charge < -0.3 is 14.6 Å². The molecular formula is C13H24O4. The fraction of sp³-hybridized carbons (Fsp3) is 0.769. The largest absolute Gasteiger partial charge is 0.481 e. The van der Waals surface area contributed by atoms with Crippen LogP contribution in [0.3, 0.4) is 0 Å². The van der Waals surface area contributed by atoms with Crippen LogP contribution in [0.25, 0.3) is 0 Å². The second-order valence-corrected chi connectivity index (χ2v) is 3.70. The quantitative estimate of drug-likeness (QED) is 0.345. The summed E-state index contributed by atoms with van der Waals surface area (Å²) in [6, 6.07) is 0. The summed E-state index contributed by atoms with van der Waals surface area (Å²) in [6.45, 7) is 5.14. The van der Waals surface area contributed by atoms with Crippen LogP contribution in [0.15, 0.2) is 12.2 Å². The third-order valence-corrected chi connectivity index (χ3v) is 2.22. The molecule has 0 aromatic heterocycles. The van der Waals surface area contributed by atoms with Gasteiger partial charge in [0.1, 0.15) is 0 Å². The van der Waals surface area contributed by atoms with Gasteiger partial charge >= 0.3 is 5.97 Å². The fourth-order valence-corrected chi connectivity index (χ4v) is 1.41. The Hall–Kier alpha value is -0.870. The molecule has 0 amide bonds. The number of aliphatic carboxylic acids is 1. The molecule has 0 radical (unpaired) electrons. The average Bonchev–Trinajstić information content (AvgIpc) is 2.28. The maximum absolute atomic E-state index is 10.3. The monoisotopic (exact) mass is 244 g/mol. The van der Waals surface area contributed by atoms with E-state index in [1.807, 2.05) is 26.0 Å².